The molecular weight excluding hydrogens is 262 g/mol. The SMILES string of the molecule is CNc1c(F)cc(C(=O)N2CCCC(C)(C)C2)cc1F. The zero-order valence-electron chi connectivity index (χ0n) is 12.1. The van der Waals surface area contributed by atoms with Crippen molar-refractivity contribution in [2.75, 3.05) is 25.5 Å². The first-order valence-electron chi connectivity index (χ1n) is 6.80. The summed E-state index contributed by atoms with van der Waals surface area (Å²) in [5.41, 5.74) is -0.0900. The van der Waals surface area contributed by atoms with Crippen molar-refractivity contribution in [2.45, 2.75) is 26.7 Å². The molecule has 1 fully saturated rings. The van der Waals surface area contributed by atoms with Crippen LogP contribution in [0.25, 0.3) is 0 Å². The molecule has 1 aromatic carbocycles. The molecule has 1 aliphatic rings. The lowest BCUT2D eigenvalue weighted by Crippen LogP contribution is -2.43. The fourth-order valence-electron chi connectivity index (χ4n) is 2.71. The summed E-state index contributed by atoms with van der Waals surface area (Å²) in [7, 11) is 1.44. The first-order valence-corrected chi connectivity index (χ1v) is 6.80. The van der Waals surface area contributed by atoms with Crippen molar-refractivity contribution in [1.29, 1.82) is 0 Å². The van der Waals surface area contributed by atoms with Gasteiger partial charge in [-0.1, -0.05) is 13.8 Å². The monoisotopic (exact) mass is 282 g/mol. The summed E-state index contributed by atoms with van der Waals surface area (Å²) in [5, 5.41) is 2.45. The van der Waals surface area contributed by atoms with Gasteiger partial charge in [0.25, 0.3) is 5.91 Å². The number of nitrogens with zero attached hydrogens (tertiary/aromatic N) is 1. The molecule has 1 aliphatic heterocycles. The molecule has 0 saturated carbocycles. The van der Waals surface area contributed by atoms with Crippen LogP contribution in [0.15, 0.2) is 12.1 Å². The maximum Gasteiger partial charge on any atom is 0.254 e. The van der Waals surface area contributed by atoms with Crippen LogP contribution in [-0.4, -0.2) is 30.9 Å². The average Bonchev–Trinajstić information content (AvgIpc) is 2.36. The summed E-state index contributed by atoms with van der Waals surface area (Å²) in [5.74, 6) is -1.79. The molecule has 0 spiro atoms. The highest BCUT2D eigenvalue weighted by molar-refractivity contribution is 5.94. The van der Waals surface area contributed by atoms with E-state index in [1.165, 1.54) is 7.05 Å². The van der Waals surface area contributed by atoms with E-state index in [2.05, 4.69) is 19.2 Å². The number of amides is 1. The van der Waals surface area contributed by atoms with Crippen LogP contribution in [0.1, 0.15) is 37.0 Å². The summed E-state index contributed by atoms with van der Waals surface area (Å²) in [6.07, 6.45) is 1.97. The number of carbonyl (C=O) groups is 1. The molecule has 1 amide bonds. The lowest BCUT2D eigenvalue weighted by molar-refractivity contribution is 0.0582. The highest BCUT2D eigenvalue weighted by atomic mass is 19.1. The third-order valence-electron chi connectivity index (χ3n) is 3.73. The van der Waals surface area contributed by atoms with Crippen LogP contribution in [0.2, 0.25) is 0 Å². The number of nitrogens with one attached hydrogen (secondary N) is 1. The first-order chi connectivity index (χ1) is 9.34. The molecule has 0 aromatic heterocycles. The molecule has 0 aliphatic carbocycles. The number of likely N-dealkylation sites (tertiary alicyclic amines) is 1. The van der Waals surface area contributed by atoms with Crippen molar-refractivity contribution in [3.8, 4) is 0 Å². The Bertz CT molecular complexity index is 506. The van der Waals surface area contributed by atoms with Crippen molar-refractivity contribution in [1.82, 2.24) is 4.90 Å². The van der Waals surface area contributed by atoms with Crippen LogP contribution in [-0.2, 0) is 0 Å². The quantitative estimate of drug-likeness (QED) is 0.903. The molecule has 0 unspecified atom stereocenters. The Kier molecular flexibility index (Phi) is 3.97. The first kappa shape index (κ1) is 14.8. The van der Waals surface area contributed by atoms with Crippen LogP contribution in [0.4, 0.5) is 14.5 Å². The molecular formula is C15H20F2N2O. The molecule has 20 heavy (non-hydrogen) atoms. The van der Waals surface area contributed by atoms with Crippen LogP contribution < -0.4 is 5.32 Å². The van der Waals surface area contributed by atoms with Gasteiger partial charge < -0.3 is 10.2 Å². The van der Waals surface area contributed by atoms with Crippen molar-refractivity contribution in [2.24, 2.45) is 5.41 Å². The molecule has 0 radical (unpaired) electrons. The molecule has 1 saturated heterocycles. The Morgan fingerprint density at radius 2 is 1.90 bits per heavy atom. The van der Waals surface area contributed by atoms with Gasteiger partial charge in [-0.3, -0.25) is 4.79 Å². The van der Waals surface area contributed by atoms with E-state index in [1.807, 2.05) is 0 Å². The van der Waals surface area contributed by atoms with Gasteiger partial charge >= 0.3 is 0 Å². The van der Waals surface area contributed by atoms with Gasteiger partial charge in [-0.2, -0.15) is 0 Å². The number of rotatable bonds is 2. The zero-order chi connectivity index (χ0) is 14.9. The van der Waals surface area contributed by atoms with Gasteiger partial charge in [0, 0.05) is 25.7 Å². The Morgan fingerprint density at radius 1 is 1.30 bits per heavy atom. The van der Waals surface area contributed by atoms with Gasteiger partial charge in [0.1, 0.15) is 17.3 Å². The summed E-state index contributed by atoms with van der Waals surface area (Å²) in [4.78, 5) is 14.0. The zero-order valence-corrected chi connectivity index (χ0v) is 12.1. The van der Waals surface area contributed by atoms with Crippen molar-refractivity contribution >= 4 is 11.6 Å². The van der Waals surface area contributed by atoms with Gasteiger partial charge in [-0.05, 0) is 30.4 Å². The van der Waals surface area contributed by atoms with Gasteiger partial charge in [0.05, 0.1) is 0 Å². The molecule has 1 N–H and O–H groups in total. The second-order valence-electron chi connectivity index (χ2n) is 6.06. The fraction of sp³-hybridized carbons (Fsp3) is 0.533. The predicted molar refractivity (Wildman–Crippen MR) is 74.8 cm³/mol. The van der Waals surface area contributed by atoms with Gasteiger partial charge in [-0.15, -0.1) is 0 Å². The van der Waals surface area contributed by atoms with Gasteiger partial charge in [0.2, 0.25) is 0 Å². The molecule has 0 atom stereocenters. The number of halogens is 2. The molecule has 0 bridgehead atoms. The van der Waals surface area contributed by atoms with E-state index in [1.54, 1.807) is 4.90 Å². The number of hydrogen-bond donors (Lipinski definition) is 1. The van der Waals surface area contributed by atoms with E-state index in [9.17, 15) is 13.6 Å². The molecule has 5 heteroatoms. The maximum absolute atomic E-state index is 13.7. The van der Waals surface area contributed by atoms with E-state index in [-0.39, 0.29) is 22.6 Å². The Morgan fingerprint density at radius 3 is 2.40 bits per heavy atom. The minimum atomic E-state index is -0.743. The Labute approximate surface area is 118 Å². The Balaban J connectivity index is 2.25. The van der Waals surface area contributed by atoms with Crippen LogP contribution >= 0.6 is 0 Å². The Hall–Kier alpha value is -1.65. The standard InChI is InChI=1S/C15H20F2N2O/c1-15(2)5-4-6-19(9-15)14(20)10-7-11(16)13(18-3)12(17)8-10/h7-8,18H,4-6,9H2,1-3H3. The van der Waals surface area contributed by atoms with E-state index in [0.29, 0.717) is 13.1 Å². The molecule has 110 valence electrons. The van der Waals surface area contributed by atoms with Crippen molar-refractivity contribution in [3.63, 3.8) is 0 Å². The number of piperidine rings is 1. The number of benzene rings is 1. The summed E-state index contributed by atoms with van der Waals surface area (Å²) >= 11 is 0. The summed E-state index contributed by atoms with van der Waals surface area (Å²) in [6.45, 7) is 5.44. The minimum absolute atomic E-state index is 0.0515. The van der Waals surface area contributed by atoms with Crippen LogP contribution in [0, 0.1) is 17.0 Å². The number of hydrogen-bond acceptors (Lipinski definition) is 2. The number of anilines is 1. The van der Waals surface area contributed by atoms with Gasteiger partial charge in [-0.25, -0.2) is 8.78 Å². The van der Waals surface area contributed by atoms with Crippen LogP contribution in [0.5, 0.6) is 0 Å². The smallest absolute Gasteiger partial charge is 0.254 e. The lowest BCUT2D eigenvalue weighted by atomic mass is 9.84. The van der Waals surface area contributed by atoms with E-state index in [0.717, 1.165) is 25.0 Å². The highest BCUT2D eigenvalue weighted by Gasteiger charge is 2.30. The highest BCUT2D eigenvalue weighted by Crippen LogP contribution is 2.30. The topological polar surface area (TPSA) is 32.3 Å². The molecule has 2 rings (SSSR count). The average molecular weight is 282 g/mol. The lowest BCUT2D eigenvalue weighted by Gasteiger charge is -2.38. The molecule has 1 aromatic rings. The van der Waals surface area contributed by atoms with Crippen molar-refractivity contribution < 1.29 is 13.6 Å². The molecule has 3 nitrogen and oxygen atoms in total. The predicted octanol–water partition coefficient (Wildman–Crippen LogP) is 3.27. The third kappa shape index (κ3) is 2.92. The van der Waals surface area contributed by atoms with Gasteiger partial charge in [0.15, 0.2) is 0 Å². The number of carbonyl (C=O) groups excluding carboxylic acids is 1. The maximum atomic E-state index is 13.7. The summed E-state index contributed by atoms with van der Waals surface area (Å²) in [6, 6.07) is 2.19. The van der Waals surface area contributed by atoms with Crippen LogP contribution in [0.3, 0.4) is 0 Å². The second-order valence-corrected chi connectivity index (χ2v) is 6.06. The van der Waals surface area contributed by atoms with E-state index in [4.69, 9.17) is 0 Å². The largest absolute Gasteiger partial charge is 0.383 e. The minimum Gasteiger partial charge on any atom is -0.383 e. The second kappa shape index (κ2) is 5.38. The normalized spacial score (nSPS) is 17.9. The third-order valence-corrected chi connectivity index (χ3v) is 3.73. The van der Waals surface area contributed by atoms with E-state index >= 15 is 0 Å². The summed E-state index contributed by atoms with van der Waals surface area (Å²) < 4.78 is 27.4. The molecule has 1 heterocycles. The fourth-order valence-corrected chi connectivity index (χ4v) is 2.71. The van der Waals surface area contributed by atoms with E-state index < -0.39 is 11.6 Å². The van der Waals surface area contributed by atoms with Crippen molar-refractivity contribution in [3.05, 3.63) is 29.3 Å².